The first-order valence-corrected chi connectivity index (χ1v) is 9.28. The monoisotopic (exact) mass is 339 g/mol. The van der Waals surface area contributed by atoms with Crippen LogP contribution in [0.3, 0.4) is 0 Å². The number of fused-ring (bicyclic) bond motifs is 3. The molecule has 1 saturated carbocycles. The quantitative estimate of drug-likeness (QED) is 0.870. The van der Waals surface area contributed by atoms with Crippen LogP contribution in [0.2, 0.25) is 0 Å². The molecule has 0 bridgehead atoms. The second-order valence-electron chi connectivity index (χ2n) is 7.22. The molecule has 5 nitrogen and oxygen atoms in total. The summed E-state index contributed by atoms with van der Waals surface area (Å²) < 4.78 is 7.63. The molecule has 4 rings (SSSR count). The van der Waals surface area contributed by atoms with Gasteiger partial charge in [0.15, 0.2) is 0 Å². The van der Waals surface area contributed by atoms with E-state index in [1.165, 1.54) is 31.2 Å². The van der Waals surface area contributed by atoms with Crippen LogP contribution in [0.1, 0.15) is 49.7 Å². The van der Waals surface area contributed by atoms with Crippen LogP contribution in [0.25, 0.3) is 11.3 Å². The molecule has 5 heteroatoms. The molecule has 0 radical (unpaired) electrons. The largest absolute Gasteiger partial charge is 0.488 e. The summed E-state index contributed by atoms with van der Waals surface area (Å²) in [5, 5.41) is 7.66. The average molecular weight is 339 g/mol. The third-order valence-corrected chi connectivity index (χ3v) is 5.20. The average Bonchev–Trinajstić information content (AvgIpc) is 2.83. The Morgan fingerprint density at radius 1 is 1.28 bits per heavy atom. The van der Waals surface area contributed by atoms with Crippen LogP contribution in [-0.2, 0) is 17.9 Å². The molecule has 0 saturated heterocycles. The van der Waals surface area contributed by atoms with Crippen LogP contribution in [0.15, 0.2) is 24.4 Å². The lowest BCUT2D eigenvalue weighted by molar-refractivity contribution is -0.122. The lowest BCUT2D eigenvalue weighted by Gasteiger charge is -2.20. The van der Waals surface area contributed by atoms with Gasteiger partial charge in [-0.25, -0.2) is 0 Å². The van der Waals surface area contributed by atoms with Gasteiger partial charge in [0.25, 0.3) is 0 Å². The van der Waals surface area contributed by atoms with E-state index < -0.39 is 0 Å². The molecule has 0 atom stereocenters. The highest BCUT2D eigenvalue weighted by molar-refractivity contribution is 5.78. The van der Waals surface area contributed by atoms with Gasteiger partial charge in [-0.2, -0.15) is 5.10 Å². The molecule has 1 aliphatic carbocycles. The van der Waals surface area contributed by atoms with Gasteiger partial charge in [0, 0.05) is 17.2 Å². The SMILES string of the molecule is Cc1ccc2c(c1)-c1c(cnn1CC(=O)NC1CCCCCC1)CO2. The minimum atomic E-state index is 0.0542. The van der Waals surface area contributed by atoms with Crippen LogP contribution in [-0.4, -0.2) is 21.7 Å². The first kappa shape index (κ1) is 16.2. The lowest BCUT2D eigenvalue weighted by atomic mass is 10.0. The third-order valence-electron chi connectivity index (χ3n) is 5.20. The molecule has 1 amide bonds. The van der Waals surface area contributed by atoms with Gasteiger partial charge in [-0.05, 0) is 31.9 Å². The number of rotatable bonds is 3. The van der Waals surface area contributed by atoms with Crippen molar-refractivity contribution in [2.75, 3.05) is 0 Å². The number of carbonyl (C=O) groups is 1. The maximum absolute atomic E-state index is 12.6. The molecule has 0 spiro atoms. The normalized spacial score (nSPS) is 17.2. The van der Waals surface area contributed by atoms with Gasteiger partial charge in [-0.1, -0.05) is 37.3 Å². The summed E-state index contributed by atoms with van der Waals surface area (Å²) in [5.41, 5.74) is 4.26. The molecule has 1 aliphatic heterocycles. The molecule has 2 heterocycles. The predicted octanol–water partition coefficient (Wildman–Crippen LogP) is 3.59. The van der Waals surface area contributed by atoms with E-state index in [1.54, 1.807) is 0 Å². The summed E-state index contributed by atoms with van der Waals surface area (Å²) in [4.78, 5) is 12.6. The molecule has 1 aromatic carbocycles. The Bertz CT molecular complexity index is 773. The fourth-order valence-electron chi connectivity index (χ4n) is 3.90. The van der Waals surface area contributed by atoms with Crippen molar-refractivity contribution in [3.05, 3.63) is 35.5 Å². The standard InChI is InChI=1S/C20H25N3O2/c1-14-8-9-18-17(10-14)20-15(13-25-18)11-21-23(20)12-19(24)22-16-6-4-2-3-5-7-16/h8-11,16H,2-7,12-13H2,1H3,(H,22,24). The van der Waals surface area contributed by atoms with Crippen molar-refractivity contribution in [3.8, 4) is 17.0 Å². The number of benzene rings is 1. The van der Waals surface area contributed by atoms with Crippen molar-refractivity contribution in [1.29, 1.82) is 0 Å². The topological polar surface area (TPSA) is 56.2 Å². The van der Waals surface area contributed by atoms with Crippen molar-refractivity contribution < 1.29 is 9.53 Å². The van der Waals surface area contributed by atoms with Crippen LogP contribution >= 0.6 is 0 Å². The summed E-state index contributed by atoms with van der Waals surface area (Å²) in [5.74, 6) is 0.919. The molecule has 1 fully saturated rings. The van der Waals surface area contributed by atoms with Crippen molar-refractivity contribution in [1.82, 2.24) is 15.1 Å². The summed E-state index contributed by atoms with van der Waals surface area (Å²) in [6.45, 7) is 2.84. The Morgan fingerprint density at radius 3 is 2.88 bits per heavy atom. The Hall–Kier alpha value is -2.30. The van der Waals surface area contributed by atoms with E-state index in [0.29, 0.717) is 12.6 Å². The first-order valence-electron chi connectivity index (χ1n) is 9.28. The molecule has 25 heavy (non-hydrogen) atoms. The maximum atomic E-state index is 12.6. The number of nitrogens with one attached hydrogen (secondary N) is 1. The highest BCUT2D eigenvalue weighted by Crippen LogP contribution is 2.37. The number of hydrogen-bond donors (Lipinski definition) is 1. The Labute approximate surface area is 148 Å². The molecule has 1 N–H and O–H groups in total. The molecule has 2 aliphatic rings. The molecule has 0 unspecified atom stereocenters. The van der Waals surface area contributed by atoms with Crippen LogP contribution < -0.4 is 10.1 Å². The smallest absolute Gasteiger partial charge is 0.241 e. The molecular weight excluding hydrogens is 314 g/mol. The number of aryl methyl sites for hydroxylation is 1. The second-order valence-corrected chi connectivity index (χ2v) is 7.22. The van der Waals surface area contributed by atoms with E-state index in [9.17, 15) is 4.79 Å². The number of ether oxygens (including phenoxy) is 1. The summed E-state index contributed by atoms with van der Waals surface area (Å²) in [6.07, 6.45) is 9.01. The highest BCUT2D eigenvalue weighted by Gasteiger charge is 2.24. The van der Waals surface area contributed by atoms with E-state index in [0.717, 1.165) is 35.4 Å². The fraction of sp³-hybridized carbons (Fsp3) is 0.500. The molecule has 1 aromatic heterocycles. The summed E-state index contributed by atoms with van der Waals surface area (Å²) in [6, 6.07) is 6.47. The van der Waals surface area contributed by atoms with Gasteiger partial charge in [0.05, 0.1) is 11.9 Å². The lowest BCUT2D eigenvalue weighted by Crippen LogP contribution is -2.37. The summed E-state index contributed by atoms with van der Waals surface area (Å²) >= 11 is 0. The zero-order valence-electron chi connectivity index (χ0n) is 14.8. The first-order chi connectivity index (χ1) is 12.2. The Balaban J connectivity index is 1.53. The van der Waals surface area contributed by atoms with Gasteiger partial charge in [0.2, 0.25) is 5.91 Å². The molecular formula is C20H25N3O2. The number of carbonyl (C=O) groups excluding carboxylic acids is 1. The van der Waals surface area contributed by atoms with Crippen LogP contribution in [0.4, 0.5) is 0 Å². The third kappa shape index (κ3) is 3.41. The number of aromatic nitrogens is 2. The molecule has 2 aromatic rings. The minimum Gasteiger partial charge on any atom is -0.488 e. The predicted molar refractivity (Wildman–Crippen MR) is 96.4 cm³/mol. The van der Waals surface area contributed by atoms with Crippen molar-refractivity contribution in [3.63, 3.8) is 0 Å². The van der Waals surface area contributed by atoms with Crippen molar-refractivity contribution in [2.24, 2.45) is 0 Å². The molecule has 132 valence electrons. The van der Waals surface area contributed by atoms with Gasteiger partial charge in [-0.3, -0.25) is 9.48 Å². The second kappa shape index (κ2) is 6.90. The number of nitrogens with zero attached hydrogens (tertiary/aromatic N) is 2. The van der Waals surface area contributed by atoms with E-state index in [1.807, 2.05) is 23.0 Å². The van der Waals surface area contributed by atoms with E-state index in [2.05, 4.69) is 23.4 Å². The summed E-state index contributed by atoms with van der Waals surface area (Å²) in [7, 11) is 0. The van der Waals surface area contributed by atoms with E-state index in [-0.39, 0.29) is 12.5 Å². The van der Waals surface area contributed by atoms with Gasteiger partial charge >= 0.3 is 0 Å². The highest BCUT2D eigenvalue weighted by atomic mass is 16.5. The van der Waals surface area contributed by atoms with Crippen LogP contribution in [0, 0.1) is 6.92 Å². The van der Waals surface area contributed by atoms with Gasteiger partial charge in [0.1, 0.15) is 18.9 Å². The van der Waals surface area contributed by atoms with Crippen molar-refractivity contribution in [2.45, 2.75) is 64.6 Å². The zero-order chi connectivity index (χ0) is 17.2. The number of amides is 1. The van der Waals surface area contributed by atoms with Gasteiger partial charge < -0.3 is 10.1 Å². The Morgan fingerprint density at radius 2 is 2.08 bits per heavy atom. The zero-order valence-corrected chi connectivity index (χ0v) is 14.8. The minimum absolute atomic E-state index is 0.0542. The van der Waals surface area contributed by atoms with E-state index >= 15 is 0 Å². The van der Waals surface area contributed by atoms with E-state index in [4.69, 9.17) is 4.74 Å². The van der Waals surface area contributed by atoms with Gasteiger partial charge in [-0.15, -0.1) is 0 Å². The fourth-order valence-corrected chi connectivity index (χ4v) is 3.90. The maximum Gasteiger partial charge on any atom is 0.241 e. The Kier molecular flexibility index (Phi) is 4.47. The number of hydrogen-bond acceptors (Lipinski definition) is 3. The van der Waals surface area contributed by atoms with Crippen LogP contribution in [0.5, 0.6) is 5.75 Å². The van der Waals surface area contributed by atoms with Crippen molar-refractivity contribution >= 4 is 5.91 Å².